The molecule has 2 aliphatic heterocycles. The molecule has 2 aliphatic rings. The number of benzene rings is 1. The standard InChI is InChI=1S/C21H33N3O3S/c1-16-7-9-23(10-8-16)21(25)19(4)22-11-13-24(14-12-22)28(26,27)20-6-5-17(2)15-18(20)3/h5-6,15-16,19H,7-14H2,1-4H3. The van der Waals surface area contributed by atoms with Crippen molar-refractivity contribution in [2.45, 2.75) is 51.5 Å². The van der Waals surface area contributed by atoms with E-state index in [1.54, 1.807) is 10.4 Å². The van der Waals surface area contributed by atoms with Crippen LogP contribution in [0, 0.1) is 19.8 Å². The molecule has 0 bridgehead atoms. The third-order valence-corrected chi connectivity index (χ3v) is 8.28. The van der Waals surface area contributed by atoms with Crippen LogP contribution in [0.4, 0.5) is 0 Å². The Morgan fingerprint density at radius 2 is 1.64 bits per heavy atom. The lowest BCUT2D eigenvalue weighted by molar-refractivity contribution is -0.138. The minimum absolute atomic E-state index is 0.178. The second-order valence-electron chi connectivity index (χ2n) is 8.39. The first-order valence-electron chi connectivity index (χ1n) is 10.3. The van der Waals surface area contributed by atoms with E-state index in [1.165, 1.54) is 0 Å². The van der Waals surface area contributed by atoms with Gasteiger partial charge in [0.2, 0.25) is 15.9 Å². The predicted octanol–water partition coefficient (Wildman–Crippen LogP) is 2.26. The van der Waals surface area contributed by atoms with Crippen LogP contribution in [-0.4, -0.2) is 73.7 Å². The largest absolute Gasteiger partial charge is 0.341 e. The second-order valence-corrected chi connectivity index (χ2v) is 10.3. The number of likely N-dealkylation sites (tertiary alicyclic amines) is 1. The summed E-state index contributed by atoms with van der Waals surface area (Å²) in [4.78, 5) is 17.3. The fourth-order valence-electron chi connectivity index (χ4n) is 4.21. The van der Waals surface area contributed by atoms with Crippen LogP contribution in [0.2, 0.25) is 0 Å². The Kier molecular flexibility index (Phi) is 6.47. The number of carbonyl (C=O) groups excluding carboxylic acids is 1. The molecule has 0 spiro atoms. The number of carbonyl (C=O) groups is 1. The zero-order chi connectivity index (χ0) is 20.5. The molecule has 0 radical (unpaired) electrons. The van der Waals surface area contributed by atoms with Crippen LogP contribution in [0.25, 0.3) is 0 Å². The summed E-state index contributed by atoms with van der Waals surface area (Å²) in [5, 5.41) is 0. The van der Waals surface area contributed by atoms with Gasteiger partial charge in [0, 0.05) is 39.3 Å². The van der Waals surface area contributed by atoms with Crippen LogP contribution in [0.1, 0.15) is 37.8 Å². The van der Waals surface area contributed by atoms with Gasteiger partial charge in [-0.15, -0.1) is 0 Å². The number of amides is 1. The van der Waals surface area contributed by atoms with Crippen LogP contribution in [-0.2, 0) is 14.8 Å². The number of rotatable bonds is 4. The van der Waals surface area contributed by atoms with Crippen molar-refractivity contribution < 1.29 is 13.2 Å². The fraction of sp³-hybridized carbons (Fsp3) is 0.667. The molecule has 1 unspecified atom stereocenters. The van der Waals surface area contributed by atoms with Crippen molar-refractivity contribution in [2.24, 2.45) is 5.92 Å². The molecule has 6 nitrogen and oxygen atoms in total. The molecular weight excluding hydrogens is 374 g/mol. The van der Waals surface area contributed by atoms with Crippen LogP contribution in [0.15, 0.2) is 23.1 Å². The maximum absolute atomic E-state index is 13.0. The Labute approximate surface area is 169 Å². The smallest absolute Gasteiger partial charge is 0.243 e. The number of sulfonamides is 1. The molecule has 28 heavy (non-hydrogen) atoms. The Morgan fingerprint density at radius 1 is 1.04 bits per heavy atom. The van der Waals surface area contributed by atoms with E-state index in [4.69, 9.17) is 0 Å². The Bertz CT molecular complexity index is 808. The van der Waals surface area contributed by atoms with Gasteiger partial charge in [-0.3, -0.25) is 9.69 Å². The summed E-state index contributed by atoms with van der Waals surface area (Å²) < 4.78 is 27.6. The van der Waals surface area contributed by atoms with Gasteiger partial charge in [0.25, 0.3) is 0 Å². The number of nitrogens with zero attached hydrogens (tertiary/aromatic N) is 3. The number of hydrogen-bond donors (Lipinski definition) is 0. The summed E-state index contributed by atoms with van der Waals surface area (Å²) >= 11 is 0. The van der Waals surface area contributed by atoms with E-state index in [0.29, 0.717) is 37.0 Å². The first-order valence-corrected chi connectivity index (χ1v) is 11.7. The second kappa shape index (κ2) is 8.51. The maximum Gasteiger partial charge on any atom is 0.243 e. The number of piperazine rings is 1. The summed E-state index contributed by atoms with van der Waals surface area (Å²) in [5.41, 5.74) is 1.84. The molecule has 2 heterocycles. The lowest BCUT2D eigenvalue weighted by Gasteiger charge is -2.39. The van der Waals surface area contributed by atoms with E-state index in [0.717, 1.165) is 37.1 Å². The predicted molar refractivity (Wildman–Crippen MR) is 111 cm³/mol. The molecule has 1 aromatic rings. The van der Waals surface area contributed by atoms with Crippen molar-refractivity contribution in [3.8, 4) is 0 Å². The first kappa shape index (κ1) is 21.3. The summed E-state index contributed by atoms with van der Waals surface area (Å²) in [5.74, 6) is 0.871. The number of hydrogen-bond acceptors (Lipinski definition) is 4. The Hall–Kier alpha value is -1.44. The monoisotopic (exact) mass is 407 g/mol. The zero-order valence-electron chi connectivity index (χ0n) is 17.5. The lowest BCUT2D eigenvalue weighted by Crippen LogP contribution is -2.56. The highest BCUT2D eigenvalue weighted by atomic mass is 32.2. The summed E-state index contributed by atoms with van der Waals surface area (Å²) in [6.07, 6.45) is 2.14. The van der Waals surface area contributed by atoms with Crippen molar-refractivity contribution >= 4 is 15.9 Å². The van der Waals surface area contributed by atoms with E-state index >= 15 is 0 Å². The molecule has 3 rings (SSSR count). The minimum atomic E-state index is -3.49. The van der Waals surface area contributed by atoms with E-state index < -0.39 is 10.0 Å². The topological polar surface area (TPSA) is 60.9 Å². The van der Waals surface area contributed by atoms with Crippen molar-refractivity contribution in [3.05, 3.63) is 29.3 Å². The van der Waals surface area contributed by atoms with Crippen molar-refractivity contribution in [1.82, 2.24) is 14.1 Å². The summed E-state index contributed by atoms with van der Waals surface area (Å²) in [7, 11) is -3.49. The van der Waals surface area contributed by atoms with Gasteiger partial charge in [-0.25, -0.2) is 8.42 Å². The fourth-order valence-corrected chi connectivity index (χ4v) is 5.84. The highest BCUT2D eigenvalue weighted by molar-refractivity contribution is 7.89. The van der Waals surface area contributed by atoms with Crippen LogP contribution < -0.4 is 0 Å². The average molecular weight is 408 g/mol. The molecular formula is C21H33N3O3S. The van der Waals surface area contributed by atoms with Gasteiger partial charge in [0.05, 0.1) is 10.9 Å². The van der Waals surface area contributed by atoms with Gasteiger partial charge in [-0.05, 0) is 51.2 Å². The zero-order valence-corrected chi connectivity index (χ0v) is 18.3. The number of aryl methyl sites for hydroxylation is 2. The van der Waals surface area contributed by atoms with Gasteiger partial charge >= 0.3 is 0 Å². The molecule has 1 aromatic carbocycles. The van der Waals surface area contributed by atoms with Gasteiger partial charge in [-0.1, -0.05) is 24.6 Å². The first-order chi connectivity index (χ1) is 13.2. The third-order valence-electron chi connectivity index (χ3n) is 6.22. The molecule has 0 saturated carbocycles. The van der Waals surface area contributed by atoms with Crippen molar-refractivity contribution in [3.63, 3.8) is 0 Å². The van der Waals surface area contributed by atoms with Crippen LogP contribution >= 0.6 is 0 Å². The summed E-state index contributed by atoms with van der Waals surface area (Å²) in [6, 6.07) is 5.26. The quantitative estimate of drug-likeness (QED) is 0.768. The normalized spacial score (nSPS) is 21.6. The molecule has 0 N–H and O–H groups in total. The van der Waals surface area contributed by atoms with Gasteiger partial charge in [-0.2, -0.15) is 4.31 Å². The van der Waals surface area contributed by atoms with Crippen molar-refractivity contribution in [2.75, 3.05) is 39.3 Å². The van der Waals surface area contributed by atoms with Gasteiger partial charge in [0.1, 0.15) is 0 Å². The van der Waals surface area contributed by atoms with E-state index in [-0.39, 0.29) is 11.9 Å². The van der Waals surface area contributed by atoms with Gasteiger partial charge in [0.15, 0.2) is 0 Å². The highest BCUT2D eigenvalue weighted by Gasteiger charge is 2.34. The number of piperidine rings is 1. The van der Waals surface area contributed by atoms with Crippen LogP contribution in [0.3, 0.4) is 0 Å². The average Bonchev–Trinajstić information content (AvgIpc) is 2.67. The SMILES string of the molecule is Cc1ccc(S(=O)(=O)N2CCN(C(C)C(=O)N3CCC(C)CC3)CC2)c(C)c1. The third kappa shape index (κ3) is 4.42. The van der Waals surface area contributed by atoms with Gasteiger partial charge < -0.3 is 4.90 Å². The molecule has 1 amide bonds. The molecule has 0 aliphatic carbocycles. The van der Waals surface area contributed by atoms with E-state index in [2.05, 4.69) is 11.8 Å². The Morgan fingerprint density at radius 3 is 2.21 bits per heavy atom. The summed E-state index contributed by atoms with van der Waals surface area (Å²) in [6.45, 7) is 11.7. The van der Waals surface area contributed by atoms with Crippen molar-refractivity contribution in [1.29, 1.82) is 0 Å². The molecule has 1 atom stereocenters. The lowest BCUT2D eigenvalue weighted by atomic mass is 9.98. The highest BCUT2D eigenvalue weighted by Crippen LogP contribution is 2.23. The minimum Gasteiger partial charge on any atom is -0.341 e. The maximum atomic E-state index is 13.0. The Balaban J connectivity index is 1.61. The molecule has 2 saturated heterocycles. The molecule has 2 fully saturated rings. The molecule has 7 heteroatoms. The molecule has 0 aromatic heterocycles. The molecule has 156 valence electrons. The van der Waals surface area contributed by atoms with Crippen LogP contribution in [0.5, 0.6) is 0 Å². The van der Waals surface area contributed by atoms with E-state index in [9.17, 15) is 13.2 Å². The van der Waals surface area contributed by atoms with E-state index in [1.807, 2.05) is 37.8 Å².